The van der Waals surface area contributed by atoms with E-state index in [1.165, 1.54) is 6.20 Å². The fourth-order valence-corrected chi connectivity index (χ4v) is 1.97. The van der Waals surface area contributed by atoms with Crippen molar-refractivity contribution in [2.75, 3.05) is 5.73 Å². The van der Waals surface area contributed by atoms with E-state index < -0.39 is 0 Å². The van der Waals surface area contributed by atoms with Crippen molar-refractivity contribution >= 4 is 17.4 Å². The first-order valence-corrected chi connectivity index (χ1v) is 5.35. The van der Waals surface area contributed by atoms with Gasteiger partial charge in [0.1, 0.15) is 11.5 Å². The van der Waals surface area contributed by atoms with Gasteiger partial charge in [-0.25, -0.2) is 4.98 Å². The van der Waals surface area contributed by atoms with Crippen LogP contribution in [0.2, 0.25) is 5.28 Å². The number of fused-ring (bicyclic) bond motifs is 1. The van der Waals surface area contributed by atoms with Gasteiger partial charge in [-0.3, -0.25) is 4.57 Å². The van der Waals surface area contributed by atoms with Crippen LogP contribution >= 0.6 is 11.6 Å². The first-order chi connectivity index (χ1) is 8.27. The van der Waals surface area contributed by atoms with Crippen molar-refractivity contribution in [3.05, 3.63) is 41.8 Å². The number of nitrogens with two attached hydrogens (primary N) is 1. The number of hydrogen-bond acceptors (Lipinski definition) is 4. The molecule has 2 aliphatic heterocycles. The van der Waals surface area contributed by atoms with E-state index in [2.05, 4.69) is 15.2 Å². The van der Waals surface area contributed by atoms with Crippen LogP contribution in [-0.4, -0.2) is 19.7 Å². The predicted molar refractivity (Wildman–Crippen MR) is 65.2 cm³/mol. The number of nitrogen functional groups attached to an aromatic ring is 1. The fourth-order valence-electron chi connectivity index (χ4n) is 1.70. The van der Waals surface area contributed by atoms with Crippen LogP contribution in [0.4, 0.5) is 5.82 Å². The van der Waals surface area contributed by atoms with Crippen LogP contribution in [0.1, 0.15) is 0 Å². The van der Waals surface area contributed by atoms with Crippen LogP contribution in [0.15, 0.2) is 36.5 Å². The highest BCUT2D eigenvalue weighted by Crippen LogP contribution is 2.29. The van der Waals surface area contributed by atoms with Gasteiger partial charge in [-0.15, -0.1) is 5.10 Å². The number of para-hydroxylation sites is 1. The lowest BCUT2D eigenvalue weighted by atomic mass is 10.3. The van der Waals surface area contributed by atoms with Gasteiger partial charge in [0.2, 0.25) is 5.28 Å². The molecule has 0 aliphatic carbocycles. The molecule has 2 N–H and O–H groups in total. The van der Waals surface area contributed by atoms with Crippen LogP contribution in [0, 0.1) is 0 Å². The number of nitrogens with zero attached hydrogens (tertiary/aromatic N) is 4. The second-order valence-corrected chi connectivity index (χ2v) is 3.85. The zero-order valence-electron chi connectivity index (χ0n) is 8.71. The second kappa shape index (κ2) is 3.71. The zero-order chi connectivity index (χ0) is 11.8. The lowest BCUT2D eigenvalue weighted by Gasteiger charge is -2.14. The van der Waals surface area contributed by atoms with Gasteiger partial charge in [0, 0.05) is 5.69 Å². The molecule has 0 amide bonds. The topological polar surface area (TPSA) is 69.6 Å². The van der Waals surface area contributed by atoms with Crippen molar-refractivity contribution in [3.63, 3.8) is 0 Å². The molecule has 3 rings (SSSR count). The fraction of sp³-hybridized carbons (Fsp3) is 0. The smallest absolute Gasteiger partial charge is 0.209 e. The maximum Gasteiger partial charge on any atom is 0.209 e. The van der Waals surface area contributed by atoms with Gasteiger partial charge >= 0.3 is 0 Å². The average Bonchev–Trinajstić information content (AvgIpc) is 2.78. The lowest BCUT2D eigenvalue weighted by Crippen LogP contribution is -2.09. The van der Waals surface area contributed by atoms with Crippen LogP contribution in [0.5, 0.6) is 0 Å². The highest BCUT2D eigenvalue weighted by atomic mass is 35.5. The van der Waals surface area contributed by atoms with Crippen molar-refractivity contribution in [2.45, 2.75) is 0 Å². The molecule has 0 bridgehead atoms. The second-order valence-electron chi connectivity index (χ2n) is 3.52. The van der Waals surface area contributed by atoms with Gasteiger partial charge < -0.3 is 5.73 Å². The molecular weight excluding hydrogens is 238 g/mol. The summed E-state index contributed by atoms with van der Waals surface area (Å²) in [4.78, 5) is 4.20. The molecule has 0 aromatic heterocycles. The first kappa shape index (κ1) is 10.0. The molecule has 0 fully saturated rings. The maximum atomic E-state index is 6.12. The van der Waals surface area contributed by atoms with Gasteiger partial charge in [0.25, 0.3) is 0 Å². The molecule has 0 radical (unpaired) electrons. The third kappa shape index (κ3) is 1.52. The van der Waals surface area contributed by atoms with Crippen LogP contribution in [0.3, 0.4) is 0 Å². The Kier molecular flexibility index (Phi) is 2.19. The SMILES string of the molecule is Nc1c2nncc-2nc(Cl)n1-c1ccccc1. The van der Waals surface area contributed by atoms with E-state index in [1.807, 2.05) is 30.3 Å². The van der Waals surface area contributed by atoms with Gasteiger partial charge in [0.05, 0.1) is 6.20 Å². The summed E-state index contributed by atoms with van der Waals surface area (Å²) < 4.78 is 1.64. The maximum absolute atomic E-state index is 6.12. The summed E-state index contributed by atoms with van der Waals surface area (Å²) in [7, 11) is 0. The number of anilines is 1. The Labute approximate surface area is 102 Å². The summed E-state index contributed by atoms with van der Waals surface area (Å²) in [5.74, 6) is 0.434. The summed E-state index contributed by atoms with van der Waals surface area (Å²) in [6.45, 7) is 0. The number of hydrogen-bond donors (Lipinski definition) is 1. The van der Waals surface area contributed by atoms with Crippen LogP contribution in [0.25, 0.3) is 17.1 Å². The first-order valence-electron chi connectivity index (χ1n) is 4.98. The number of aromatic nitrogens is 4. The van der Waals surface area contributed by atoms with E-state index in [-0.39, 0.29) is 5.28 Å². The van der Waals surface area contributed by atoms with Crippen molar-refractivity contribution in [1.29, 1.82) is 0 Å². The minimum absolute atomic E-state index is 0.288. The molecule has 5 nitrogen and oxygen atoms in total. The van der Waals surface area contributed by atoms with Crippen molar-refractivity contribution in [2.24, 2.45) is 0 Å². The molecule has 0 unspecified atom stereocenters. The molecule has 1 aromatic carbocycles. The highest BCUT2D eigenvalue weighted by Gasteiger charge is 2.17. The predicted octanol–water partition coefficient (Wildman–Crippen LogP) is 2.00. The Morgan fingerprint density at radius 2 is 1.94 bits per heavy atom. The summed E-state index contributed by atoms with van der Waals surface area (Å²) in [6.07, 6.45) is 1.53. The van der Waals surface area contributed by atoms with Gasteiger partial charge in [-0.05, 0) is 23.7 Å². The summed E-state index contributed by atoms with van der Waals surface area (Å²) in [5, 5.41) is 7.99. The highest BCUT2D eigenvalue weighted by molar-refractivity contribution is 6.29. The van der Waals surface area contributed by atoms with Gasteiger partial charge in [-0.2, -0.15) is 5.10 Å². The normalized spacial score (nSPS) is 10.9. The van der Waals surface area contributed by atoms with E-state index in [1.54, 1.807) is 4.57 Å². The third-order valence-electron chi connectivity index (χ3n) is 2.48. The molecular formula is C11H8ClN5. The standard InChI is InChI=1S/C11H8ClN5/c12-11-15-8-6-14-16-9(8)10(13)17(11)7-4-2-1-3-5-7/h1-6H,13H2. The minimum atomic E-state index is 0.288. The van der Waals surface area contributed by atoms with E-state index in [0.29, 0.717) is 17.2 Å². The Morgan fingerprint density at radius 1 is 1.18 bits per heavy atom. The van der Waals surface area contributed by atoms with E-state index in [0.717, 1.165) is 5.69 Å². The molecule has 2 heterocycles. The van der Waals surface area contributed by atoms with E-state index in [9.17, 15) is 0 Å². The Balaban J connectivity index is 2.34. The van der Waals surface area contributed by atoms with Crippen molar-refractivity contribution in [1.82, 2.24) is 19.7 Å². The number of benzene rings is 1. The van der Waals surface area contributed by atoms with Gasteiger partial charge in [-0.1, -0.05) is 18.2 Å². The molecule has 0 saturated carbocycles. The summed E-state index contributed by atoms with van der Waals surface area (Å²) in [5.41, 5.74) is 8.02. The van der Waals surface area contributed by atoms with E-state index in [4.69, 9.17) is 17.3 Å². The largest absolute Gasteiger partial charge is 0.383 e. The average molecular weight is 246 g/mol. The molecule has 0 atom stereocenters. The molecule has 0 saturated heterocycles. The number of rotatable bonds is 1. The lowest BCUT2D eigenvalue weighted by molar-refractivity contribution is 0.987. The Morgan fingerprint density at radius 3 is 2.71 bits per heavy atom. The minimum Gasteiger partial charge on any atom is -0.383 e. The van der Waals surface area contributed by atoms with Crippen molar-refractivity contribution < 1.29 is 0 Å². The van der Waals surface area contributed by atoms with Crippen molar-refractivity contribution in [3.8, 4) is 17.1 Å². The molecule has 84 valence electrons. The molecule has 6 heteroatoms. The van der Waals surface area contributed by atoms with Crippen LogP contribution in [-0.2, 0) is 0 Å². The summed E-state index contributed by atoms with van der Waals surface area (Å²) >= 11 is 6.12. The summed E-state index contributed by atoms with van der Waals surface area (Å²) in [6, 6.07) is 9.51. The molecule has 0 spiro atoms. The third-order valence-corrected chi connectivity index (χ3v) is 2.73. The monoisotopic (exact) mass is 245 g/mol. The Hall–Kier alpha value is -2.14. The zero-order valence-corrected chi connectivity index (χ0v) is 9.46. The van der Waals surface area contributed by atoms with Crippen LogP contribution < -0.4 is 5.73 Å². The molecule has 17 heavy (non-hydrogen) atoms. The van der Waals surface area contributed by atoms with E-state index >= 15 is 0 Å². The number of halogens is 1. The quantitative estimate of drug-likeness (QED) is 0.666. The van der Waals surface area contributed by atoms with Gasteiger partial charge in [0.15, 0.2) is 5.69 Å². The molecule has 1 aromatic rings. The Bertz CT molecular complexity index is 634. The molecule has 2 aliphatic rings.